The molecule has 0 aliphatic heterocycles. The molecule has 0 saturated heterocycles. The van der Waals surface area contributed by atoms with E-state index in [9.17, 15) is 0 Å². The highest BCUT2D eigenvalue weighted by Gasteiger charge is 2.28. The Hall–Kier alpha value is -7.50. The molecular formula is C50H30N4O. The van der Waals surface area contributed by atoms with Gasteiger partial charge in [-0.1, -0.05) is 133 Å². The van der Waals surface area contributed by atoms with Gasteiger partial charge in [0.05, 0.1) is 33.3 Å². The predicted molar refractivity (Wildman–Crippen MR) is 226 cm³/mol. The number of aromatic nitrogens is 4. The third kappa shape index (κ3) is 4.29. The second-order valence-corrected chi connectivity index (χ2v) is 14.1. The maximum absolute atomic E-state index is 6.95. The summed E-state index contributed by atoms with van der Waals surface area (Å²) in [4.78, 5) is 10.4. The molecule has 0 spiro atoms. The molecule has 0 aliphatic carbocycles. The molecule has 0 amide bonds. The Kier molecular flexibility index (Phi) is 6.27. The Balaban J connectivity index is 1.29. The lowest BCUT2D eigenvalue weighted by atomic mass is 10.0. The van der Waals surface area contributed by atoms with Gasteiger partial charge in [0, 0.05) is 60.2 Å². The zero-order valence-corrected chi connectivity index (χ0v) is 29.5. The molecule has 0 atom stereocenters. The first-order valence-corrected chi connectivity index (χ1v) is 18.6. The van der Waals surface area contributed by atoms with Crippen LogP contribution in [0.4, 0.5) is 0 Å². The fraction of sp³-hybridized carbons (Fsp3) is 0. The topological polar surface area (TPSA) is 48.8 Å². The number of rotatable bonds is 4. The van der Waals surface area contributed by atoms with Crippen molar-refractivity contribution in [1.29, 1.82) is 0 Å². The van der Waals surface area contributed by atoms with Gasteiger partial charge in [-0.05, 0) is 48.5 Å². The molecule has 4 aromatic heterocycles. The number of para-hydroxylation sites is 4. The van der Waals surface area contributed by atoms with Gasteiger partial charge < -0.3 is 13.6 Å². The Morgan fingerprint density at radius 3 is 1.71 bits per heavy atom. The molecule has 0 bridgehead atoms. The first-order valence-electron chi connectivity index (χ1n) is 18.6. The highest BCUT2D eigenvalue weighted by atomic mass is 16.3. The van der Waals surface area contributed by atoms with E-state index < -0.39 is 0 Å². The van der Waals surface area contributed by atoms with Crippen LogP contribution >= 0.6 is 0 Å². The van der Waals surface area contributed by atoms with Crippen molar-refractivity contribution >= 4 is 76.5 Å². The Morgan fingerprint density at radius 1 is 0.400 bits per heavy atom. The summed E-state index contributed by atoms with van der Waals surface area (Å²) in [5.74, 6) is 0.709. The SMILES string of the molecule is c1ccc(-c2nc(-c3ccccc3)c3cc(-n4c5ccccc5c5c6c7ccccc7oc6c6c(c7ccccc7n6-c6ccccc6)c54)ccc3n2)cc1. The van der Waals surface area contributed by atoms with Crippen LogP contribution in [-0.2, 0) is 0 Å². The summed E-state index contributed by atoms with van der Waals surface area (Å²) in [6.07, 6.45) is 0. The second kappa shape index (κ2) is 11.5. The van der Waals surface area contributed by atoms with Gasteiger partial charge in [0.1, 0.15) is 5.58 Å². The van der Waals surface area contributed by atoms with Gasteiger partial charge in [-0.15, -0.1) is 0 Å². The van der Waals surface area contributed by atoms with E-state index in [4.69, 9.17) is 14.4 Å². The average molecular weight is 703 g/mol. The summed E-state index contributed by atoms with van der Waals surface area (Å²) in [5.41, 5.74) is 12.2. The first kappa shape index (κ1) is 30.0. The van der Waals surface area contributed by atoms with Crippen molar-refractivity contribution in [3.8, 4) is 34.0 Å². The Bertz CT molecular complexity index is 3470. The number of nitrogens with zero attached hydrogens (tertiary/aromatic N) is 4. The normalized spacial score (nSPS) is 12.0. The van der Waals surface area contributed by atoms with E-state index in [1.54, 1.807) is 0 Å². The second-order valence-electron chi connectivity index (χ2n) is 14.1. The van der Waals surface area contributed by atoms with Gasteiger partial charge in [0.15, 0.2) is 11.4 Å². The van der Waals surface area contributed by atoms with Crippen molar-refractivity contribution in [2.24, 2.45) is 0 Å². The van der Waals surface area contributed by atoms with Crippen LogP contribution in [0, 0.1) is 0 Å². The lowest BCUT2D eigenvalue weighted by Gasteiger charge is -2.14. The van der Waals surface area contributed by atoms with E-state index in [0.717, 1.165) is 88.5 Å². The lowest BCUT2D eigenvalue weighted by Crippen LogP contribution is -1.99. The van der Waals surface area contributed by atoms with Crippen LogP contribution in [-0.4, -0.2) is 19.1 Å². The molecule has 0 radical (unpaired) electrons. The van der Waals surface area contributed by atoms with Crippen molar-refractivity contribution < 1.29 is 4.42 Å². The van der Waals surface area contributed by atoms with Gasteiger partial charge in [0.2, 0.25) is 0 Å². The largest absolute Gasteiger partial charge is 0.454 e. The number of hydrogen-bond donors (Lipinski definition) is 0. The summed E-state index contributed by atoms with van der Waals surface area (Å²) >= 11 is 0. The summed E-state index contributed by atoms with van der Waals surface area (Å²) in [6, 6.07) is 63.9. The average Bonchev–Trinajstić information content (AvgIpc) is 3.92. The standard InChI is InChI=1S/C50H30N4O/c1-4-16-31(17-5-1)46-38-30-34(28-29-39(38)51-50(52-46)32-18-6-2-7-19-32)54-40-25-13-10-22-35(40)43-44-37-24-12-15-27-42(37)55-49(44)48-45(47(43)54)36-23-11-14-26-41(36)53(48)33-20-8-3-9-21-33/h1-30H. The molecule has 0 saturated carbocycles. The van der Waals surface area contributed by atoms with Crippen LogP contribution in [0.3, 0.4) is 0 Å². The van der Waals surface area contributed by atoms with Crippen LogP contribution < -0.4 is 0 Å². The molecule has 12 aromatic rings. The third-order valence-electron chi connectivity index (χ3n) is 11.1. The van der Waals surface area contributed by atoms with Crippen LogP contribution in [0.15, 0.2) is 186 Å². The summed E-state index contributed by atoms with van der Waals surface area (Å²) in [5, 5.41) is 7.88. The van der Waals surface area contributed by atoms with E-state index in [-0.39, 0.29) is 0 Å². The molecule has 0 fully saturated rings. The summed E-state index contributed by atoms with van der Waals surface area (Å²) in [6.45, 7) is 0. The summed E-state index contributed by atoms with van der Waals surface area (Å²) in [7, 11) is 0. The molecular weight excluding hydrogens is 673 g/mol. The Labute approximate surface area is 315 Å². The monoisotopic (exact) mass is 702 g/mol. The molecule has 0 N–H and O–H groups in total. The van der Waals surface area contributed by atoms with Gasteiger partial charge in [-0.25, -0.2) is 9.97 Å². The smallest absolute Gasteiger partial charge is 0.160 e. The summed E-state index contributed by atoms with van der Waals surface area (Å²) < 4.78 is 11.8. The fourth-order valence-corrected chi connectivity index (χ4v) is 8.79. The maximum Gasteiger partial charge on any atom is 0.160 e. The van der Waals surface area contributed by atoms with Gasteiger partial charge in [0.25, 0.3) is 0 Å². The predicted octanol–water partition coefficient (Wildman–Crippen LogP) is 13.1. The minimum absolute atomic E-state index is 0.709. The molecule has 12 rings (SSSR count). The van der Waals surface area contributed by atoms with Crippen LogP contribution in [0.1, 0.15) is 0 Å². The minimum Gasteiger partial charge on any atom is -0.454 e. The third-order valence-corrected chi connectivity index (χ3v) is 11.1. The first-order chi connectivity index (χ1) is 27.3. The van der Waals surface area contributed by atoms with Crippen LogP contribution in [0.25, 0.3) is 110 Å². The zero-order chi connectivity index (χ0) is 36.0. The number of fused-ring (bicyclic) bond motifs is 13. The maximum atomic E-state index is 6.95. The van der Waals surface area contributed by atoms with Crippen molar-refractivity contribution in [2.45, 2.75) is 0 Å². The van der Waals surface area contributed by atoms with E-state index in [2.05, 4.69) is 167 Å². The minimum atomic E-state index is 0.709. The molecule has 0 aliphatic rings. The number of furan rings is 1. The van der Waals surface area contributed by atoms with E-state index in [0.29, 0.717) is 5.82 Å². The van der Waals surface area contributed by atoms with Gasteiger partial charge in [-0.3, -0.25) is 0 Å². The molecule has 55 heavy (non-hydrogen) atoms. The molecule has 5 heteroatoms. The molecule has 0 unspecified atom stereocenters. The zero-order valence-electron chi connectivity index (χ0n) is 29.5. The van der Waals surface area contributed by atoms with Crippen LogP contribution in [0.5, 0.6) is 0 Å². The fourth-order valence-electron chi connectivity index (χ4n) is 8.79. The van der Waals surface area contributed by atoms with Gasteiger partial charge in [-0.2, -0.15) is 0 Å². The van der Waals surface area contributed by atoms with E-state index >= 15 is 0 Å². The van der Waals surface area contributed by atoms with E-state index in [1.165, 1.54) is 16.2 Å². The quantitative estimate of drug-likeness (QED) is 0.183. The highest BCUT2D eigenvalue weighted by Crippen LogP contribution is 2.49. The Morgan fingerprint density at radius 2 is 0.982 bits per heavy atom. The van der Waals surface area contributed by atoms with E-state index in [1.807, 2.05) is 24.3 Å². The lowest BCUT2D eigenvalue weighted by molar-refractivity contribution is 0.671. The van der Waals surface area contributed by atoms with Crippen LogP contribution in [0.2, 0.25) is 0 Å². The van der Waals surface area contributed by atoms with Crippen molar-refractivity contribution in [2.75, 3.05) is 0 Å². The molecule has 5 nitrogen and oxygen atoms in total. The van der Waals surface area contributed by atoms with Crippen molar-refractivity contribution in [1.82, 2.24) is 19.1 Å². The van der Waals surface area contributed by atoms with Crippen molar-refractivity contribution in [3.63, 3.8) is 0 Å². The van der Waals surface area contributed by atoms with Gasteiger partial charge >= 0.3 is 0 Å². The molecule has 4 heterocycles. The highest BCUT2D eigenvalue weighted by molar-refractivity contribution is 6.39. The molecule has 8 aromatic carbocycles. The van der Waals surface area contributed by atoms with Crippen molar-refractivity contribution in [3.05, 3.63) is 182 Å². The number of benzene rings is 8. The molecule has 256 valence electrons. The number of hydrogen-bond acceptors (Lipinski definition) is 3.